The van der Waals surface area contributed by atoms with Crippen molar-refractivity contribution in [1.29, 1.82) is 0 Å². The summed E-state index contributed by atoms with van der Waals surface area (Å²) in [6, 6.07) is 1.72. The molecule has 0 aliphatic carbocycles. The minimum absolute atomic E-state index is 0.0860. The SMILES string of the molecule is COc1c2c(c(-c3cc(N)no3)c3c1OC(C)C3)OC(C)C2. The molecular weight excluding hydrogens is 284 g/mol. The molecule has 0 bridgehead atoms. The fourth-order valence-corrected chi connectivity index (χ4v) is 3.36. The molecule has 2 aliphatic rings. The summed E-state index contributed by atoms with van der Waals surface area (Å²) in [7, 11) is 1.66. The smallest absolute Gasteiger partial charge is 0.173 e. The van der Waals surface area contributed by atoms with E-state index in [1.165, 1.54) is 0 Å². The van der Waals surface area contributed by atoms with Gasteiger partial charge >= 0.3 is 0 Å². The predicted octanol–water partition coefficient (Wildman–Crippen LogP) is 2.58. The van der Waals surface area contributed by atoms with E-state index < -0.39 is 0 Å². The highest BCUT2D eigenvalue weighted by Gasteiger charge is 2.38. The van der Waals surface area contributed by atoms with E-state index >= 15 is 0 Å². The molecule has 6 heteroatoms. The molecule has 0 spiro atoms. The van der Waals surface area contributed by atoms with Gasteiger partial charge in [-0.05, 0) is 13.8 Å². The molecule has 2 N–H and O–H groups in total. The lowest BCUT2D eigenvalue weighted by molar-refractivity contribution is 0.242. The Balaban J connectivity index is 2.02. The average molecular weight is 302 g/mol. The number of hydrogen-bond acceptors (Lipinski definition) is 6. The van der Waals surface area contributed by atoms with Crippen molar-refractivity contribution < 1.29 is 18.7 Å². The van der Waals surface area contributed by atoms with Crippen molar-refractivity contribution in [3.8, 4) is 28.6 Å². The first-order valence-electron chi connectivity index (χ1n) is 7.40. The molecule has 0 radical (unpaired) electrons. The third-order valence-electron chi connectivity index (χ3n) is 4.16. The number of nitrogens with zero attached hydrogens (tertiary/aromatic N) is 1. The van der Waals surface area contributed by atoms with Gasteiger partial charge in [-0.2, -0.15) is 0 Å². The molecule has 2 aliphatic heterocycles. The molecule has 1 aromatic carbocycles. The topological polar surface area (TPSA) is 79.7 Å². The molecule has 2 aromatic rings. The molecule has 0 amide bonds. The Morgan fingerprint density at radius 3 is 2.45 bits per heavy atom. The minimum Gasteiger partial charge on any atom is -0.492 e. The number of ether oxygens (including phenoxy) is 3. The number of anilines is 1. The zero-order valence-electron chi connectivity index (χ0n) is 12.8. The van der Waals surface area contributed by atoms with Crippen LogP contribution in [0.4, 0.5) is 5.82 Å². The standard InChI is InChI=1S/C16H18N2O4/c1-7-4-9-13(11-6-12(17)18-22-11)14-10(5-8(2)20-14)15(19-3)16(9)21-7/h6-8H,4-5H2,1-3H3,(H2,17,18). The highest BCUT2D eigenvalue weighted by atomic mass is 16.5. The Hall–Kier alpha value is -2.37. The van der Waals surface area contributed by atoms with Gasteiger partial charge in [-0.3, -0.25) is 0 Å². The molecule has 4 rings (SSSR count). The van der Waals surface area contributed by atoms with E-state index in [0.717, 1.165) is 46.8 Å². The van der Waals surface area contributed by atoms with Gasteiger partial charge < -0.3 is 24.5 Å². The first-order valence-corrected chi connectivity index (χ1v) is 7.40. The molecule has 22 heavy (non-hydrogen) atoms. The van der Waals surface area contributed by atoms with Crippen LogP contribution in [0.1, 0.15) is 25.0 Å². The van der Waals surface area contributed by atoms with Crippen LogP contribution >= 0.6 is 0 Å². The second kappa shape index (κ2) is 4.56. The zero-order valence-corrected chi connectivity index (χ0v) is 12.8. The summed E-state index contributed by atoms with van der Waals surface area (Å²) in [5.74, 6) is 3.33. The van der Waals surface area contributed by atoms with Crippen LogP contribution in [-0.4, -0.2) is 24.5 Å². The van der Waals surface area contributed by atoms with E-state index in [1.54, 1.807) is 13.2 Å². The number of nitrogen functional groups attached to an aromatic ring is 1. The maximum atomic E-state index is 6.04. The van der Waals surface area contributed by atoms with Crippen LogP contribution in [0.15, 0.2) is 10.6 Å². The third-order valence-corrected chi connectivity index (χ3v) is 4.16. The van der Waals surface area contributed by atoms with Crippen molar-refractivity contribution in [3.05, 3.63) is 17.2 Å². The van der Waals surface area contributed by atoms with Gasteiger partial charge in [0.05, 0.1) is 12.7 Å². The lowest BCUT2D eigenvalue weighted by atomic mass is 9.95. The van der Waals surface area contributed by atoms with Gasteiger partial charge in [-0.1, -0.05) is 5.16 Å². The van der Waals surface area contributed by atoms with E-state index in [4.69, 9.17) is 24.5 Å². The Bertz CT molecular complexity index is 714. The lowest BCUT2D eigenvalue weighted by Gasteiger charge is -2.15. The Morgan fingerprint density at radius 1 is 1.14 bits per heavy atom. The largest absolute Gasteiger partial charge is 0.492 e. The van der Waals surface area contributed by atoms with E-state index in [-0.39, 0.29) is 12.2 Å². The van der Waals surface area contributed by atoms with E-state index in [0.29, 0.717) is 11.6 Å². The molecule has 116 valence electrons. The highest BCUT2D eigenvalue weighted by Crippen LogP contribution is 2.54. The number of methoxy groups -OCH3 is 1. The monoisotopic (exact) mass is 302 g/mol. The number of benzene rings is 1. The average Bonchev–Trinajstić information content (AvgIpc) is 3.14. The van der Waals surface area contributed by atoms with Crippen molar-refractivity contribution in [1.82, 2.24) is 5.16 Å². The van der Waals surface area contributed by atoms with Crippen LogP contribution in [0.2, 0.25) is 0 Å². The summed E-state index contributed by atoms with van der Waals surface area (Å²) < 4.78 is 23.0. The maximum absolute atomic E-state index is 6.04. The van der Waals surface area contributed by atoms with E-state index in [1.807, 2.05) is 13.8 Å². The normalized spacial score (nSPS) is 22.0. The van der Waals surface area contributed by atoms with Crippen LogP contribution in [-0.2, 0) is 12.8 Å². The summed E-state index contributed by atoms with van der Waals surface area (Å²) in [5, 5.41) is 3.80. The van der Waals surface area contributed by atoms with Crippen LogP contribution in [0.3, 0.4) is 0 Å². The third kappa shape index (κ3) is 1.76. The lowest BCUT2D eigenvalue weighted by Crippen LogP contribution is -2.07. The predicted molar refractivity (Wildman–Crippen MR) is 80.5 cm³/mol. The van der Waals surface area contributed by atoms with Gasteiger partial charge in [0, 0.05) is 30.0 Å². The summed E-state index contributed by atoms with van der Waals surface area (Å²) in [6.45, 7) is 4.07. The minimum atomic E-state index is 0.0860. The first-order chi connectivity index (χ1) is 10.6. The van der Waals surface area contributed by atoms with E-state index in [2.05, 4.69) is 5.16 Å². The second-order valence-electron chi connectivity index (χ2n) is 5.90. The van der Waals surface area contributed by atoms with Crippen molar-refractivity contribution >= 4 is 5.82 Å². The van der Waals surface area contributed by atoms with Crippen LogP contribution in [0.25, 0.3) is 11.3 Å². The van der Waals surface area contributed by atoms with Gasteiger partial charge in [0.2, 0.25) is 0 Å². The number of nitrogens with two attached hydrogens (primary N) is 1. The van der Waals surface area contributed by atoms with Crippen molar-refractivity contribution in [2.75, 3.05) is 12.8 Å². The molecule has 3 heterocycles. The number of aromatic nitrogens is 1. The van der Waals surface area contributed by atoms with Gasteiger partial charge in [-0.25, -0.2) is 0 Å². The maximum Gasteiger partial charge on any atom is 0.173 e. The summed E-state index contributed by atoms with van der Waals surface area (Å²) in [6.07, 6.45) is 1.72. The molecule has 2 unspecified atom stereocenters. The molecule has 0 saturated heterocycles. The fourth-order valence-electron chi connectivity index (χ4n) is 3.36. The van der Waals surface area contributed by atoms with Gasteiger partial charge in [0.25, 0.3) is 0 Å². The first kappa shape index (κ1) is 13.3. The quantitative estimate of drug-likeness (QED) is 0.918. The van der Waals surface area contributed by atoms with Crippen molar-refractivity contribution in [2.45, 2.75) is 38.9 Å². The van der Waals surface area contributed by atoms with Gasteiger partial charge in [-0.15, -0.1) is 0 Å². The fraction of sp³-hybridized carbons (Fsp3) is 0.438. The molecular formula is C16H18N2O4. The molecule has 1 aromatic heterocycles. The highest BCUT2D eigenvalue weighted by molar-refractivity contribution is 5.81. The van der Waals surface area contributed by atoms with Gasteiger partial charge in [0.15, 0.2) is 23.1 Å². The number of hydrogen-bond donors (Lipinski definition) is 1. The van der Waals surface area contributed by atoms with Crippen LogP contribution in [0.5, 0.6) is 17.2 Å². The van der Waals surface area contributed by atoms with Crippen molar-refractivity contribution in [2.24, 2.45) is 0 Å². The van der Waals surface area contributed by atoms with E-state index in [9.17, 15) is 0 Å². The Kier molecular flexibility index (Phi) is 2.76. The van der Waals surface area contributed by atoms with Crippen molar-refractivity contribution in [3.63, 3.8) is 0 Å². The number of rotatable bonds is 2. The van der Waals surface area contributed by atoms with Crippen LogP contribution < -0.4 is 19.9 Å². The molecule has 2 atom stereocenters. The number of fused-ring (bicyclic) bond motifs is 2. The molecule has 0 saturated carbocycles. The Labute approximate surface area is 128 Å². The summed E-state index contributed by atoms with van der Waals surface area (Å²) in [4.78, 5) is 0. The van der Waals surface area contributed by atoms with Gasteiger partial charge in [0.1, 0.15) is 18.0 Å². The molecule has 6 nitrogen and oxygen atoms in total. The summed E-state index contributed by atoms with van der Waals surface area (Å²) >= 11 is 0. The summed E-state index contributed by atoms with van der Waals surface area (Å²) in [5.41, 5.74) is 8.66. The Morgan fingerprint density at radius 2 is 1.82 bits per heavy atom. The van der Waals surface area contributed by atoms with Crippen LogP contribution in [0, 0.1) is 0 Å². The molecule has 0 fully saturated rings. The second-order valence-corrected chi connectivity index (χ2v) is 5.90. The zero-order chi connectivity index (χ0) is 15.4.